The maximum atomic E-state index is 12.2. The van der Waals surface area contributed by atoms with E-state index in [2.05, 4.69) is 5.32 Å². The third-order valence-electron chi connectivity index (χ3n) is 3.71. The monoisotopic (exact) mass is 262 g/mol. The predicted molar refractivity (Wildman–Crippen MR) is 71.4 cm³/mol. The Kier molecular flexibility index (Phi) is 2.86. The number of amides is 1. The van der Waals surface area contributed by atoms with Gasteiger partial charge in [-0.15, -0.1) is 0 Å². The van der Waals surface area contributed by atoms with Crippen LogP contribution in [0, 0.1) is 5.92 Å². The van der Waals surface area contributed by atoms with E-state index >= 15 is 0 Å². The first-order valence-corrected chi connectivity index (χ1v) is 6.57. The molecule has 19 heavy (non-hydrogen) atoms. The van der Waals surface area contributed by atoms with Crippen molar-refractivity contribution in [2.24, 2.45) is 11.7 Å². The van der Waals surface area contributed by atoms with Gasteiger partial charge in [-0.1, -0.05) is 0 Å². The molecule has 0 radical (unpaired) electrons. The molecule has 1 aromatic carbocycles. The zero-order valence-corrected chi connectivity index (χ0v) is 10.9. The number of carbonyl (C=O) groups excluding carboxylic acids is 1. The highest BCUT2D eigenvalue weighted by Crippen LogP contribution is 2.39. The van der Waals surface area contributed by atoms with E-state index in [0.29, 0.717) is 36.3 Å². The number of hydrogen-bond donors (Lipinski definition) is 2. The second-order valence-corrected chi connectivity index (χ2v) is 5.37. The summed E-state index contributed by atoms with van der Waals surface area (Å²) >= 11 is 0. The molecule has 0 spiro atoms. The van der Waals surface area contributed by atoms with Crippen molar-refractivity contribution in [3.8, 4) is 11.5 Å². The van der Waals surface area contributed by atoms with Crippen LogP contribution in [0.25, 0.3) is 0 Å². The number of carbonyl (C=O) groups is 1. The third kappa shape index (κ3) is 2.38. The summed E-state index contributed by atoms with van der Waals surface area (Å²) in [5.41, 5.74) is 5.97. The van der Waals surface area contributed by atoms with E-state index in [1.54, 1.807) is 25.1 Å². The zero-order valence-electron chi connectivity index (χ0n) is 10.9. The molecule has 1 saturated carbocycles. The lowest BCUT2D eigenvalue weighted by Gasteiger charge is -2.24. The number of fused-ring (bicyclic) bond motifs is 1. The smallest absolute Gasteiger partial charge is 0.244 e. The summed E-state index contributed by atoms with van der Waals surface area (Å²) in [5, 5.41) is 2.85. The fourth-order valence-corrected chi connectivity index (χ4v) is 2.26. The number of rotatable bonds is 3. The molecule has 0 aromatic heterocycles. The van der Waals surface area contributed by atoms with E-state index in [0.717, 1.165) is 12.8 Å². The zero-order chi connectivity index (χ0) is 13.5. The average Bonchev–Trinajstić information content (AvgIpc) is 3.23. The van der Waals surface area contributed by atoms with Crippen molar-refractivity contribution in [2.75, 3.05) is 18.5 Å². The van der Waals surface area contributed by atoms with Gasteiger partial charge in [0.2, 0.25) is 5.91 Å². The van der Waals surface area contributed by atoms with Crippen LogP contribution >= 0.6 is 0 Å². The Labute approximate surface area is 112 Å². The third-order valence-corrected chi connectivity index (χ3v) is 3.71. The van der Waals surface area contributed by atoms with Crippen LogP contribution in [0.3, 0.4) is 0 Å². The summed E-state index contributed by atoms with van der Waals surface area (Å²) in [6.07, 6.45) is 2.06. The molecule has 1 unspecified atom stereocenters. The lowest BCUT2D eigenvalue weighted by molar-refractivity contribution is -0.121. The van der Waals surface area contributed by atoms with E-state index in [1.165, 1.54) is 0 Å². The quantitative estimate of drug-likeness (QED) is 0.866. The second kappa shape index (κ2) is 4.42. The van der Waals surface area contributed by atoms with Crippen molar-refractivity contribution in [2.45, 2.75) is 25.3 Å². The van der Waals surface area contributed by atoms with Crippen LogP contribution < -0.4 is 20.5 Å². The number of ether oxygens (including phenoxy) is 2. The first kappa shape index (κ1) is 12.3. The molecule has 0 saturated heterocycles. The molecule has 1 fully saturated rings. The second-order valence-electron chi connectivity index (χ2n) is 5.37. The summed E-state index contributed by atoms with van der Waals surface area (Å²) < 4.78 is 10.9. The van der Waals surface area contributed by atoms with E-state index in [4.69, 9.17) is 15.2 Å². The summed E-state index contributed by atoms with van der Waals surface area (Å²) in [6, 6.07) is 5.37. The molecule has 5 nitrogen and oxygen atoms in total. The predicted octanol–water partition coefficient (Wildman–Crippen LogP) is 1.52. The highest BCUT2D eigenvalue weighted by atomic mass is 16.6. The van der Waals surface area contributed by atoms with E-state index in [1.807, 2.05) is 0 Å². The number of anilines is 1. The van der Waals surface area contributed by atoms with Gasteiger partial charge in [0.05, 0.1) is 5.54 Å². The van der Waals surface area contributed by atoms with Crippen molar-refractivity contribution in [3.63, 3.8) is 0 Å². The fourth-order valence-electron chi connectivity index (χ4n) is 2.26. The molecule has 3 N–H and O–H groups in total. The fraction of sp³-hybridized carbons (Fsp3) is 0.500. The average molecular weight is 262 g/mol. The van der Waals surface area contributed by atoms with Crippen molar-refractivity contribution in [3.05, 3.63) is 18.2 Å². The van der Waals surface area contributed by atoms with Gasteiger partial charge in [-0.05, 0) is 37.8 Å². The van der Waals surface area contributed by atoms with Crippen molar-refractivity contribution >= 4 is 11.6 Å². The topological polar surface area (TPSA) is 73.6 Å². The molecule has 1 heterocycles. The van der Waals surface area contributed by atoms with E-state index in [-0.39, 0.29) is 5.91 Å². The van der Waals surface area contributed by atoms with Crippen LogP contribution in [-0.2, 0) is 4.79 Å². The van der Waals surface area contributed by atoms with Gasteiger partial charge in [0.15, 0.2) is 11.5 Å². The maximum Gasteiger partial charge on any atom is 0.244 e. The summed E-state index contributed by atoms with van der Waals surface area (Å²) in [4.78, 5) is 12.2. The van der Waals surface area contributed by atoms with Crippen LogP contribution in [0.15, 0.2) is 18.2 Å². The first-order chi connectivity index (χ1) is 9.07. The van der Waals surface area contributed by atoms with Crippen LogP contribution in [0.5, 0.6) is 11.5 Å². The Balaban J connectivity index is 1.74. The first-order valence-electron chi connectivity index (χ1n) is 6.57. The van der Waals surface area contributed by atoms with Gasteiger partial charge in [0, 0.05) is 11.8 Å². The maximum absolute atomic E-state index is 12.2. The number of benzene rings is 1. The molecule has 5 heteroatoms. The van der Waals surface area contributed by atoms with Crippen LogP contribution in [0.1, 0.15) is 19.8 Å². The van der Waals surface area contributed by atoms with Gasteiger partial charge >= 0.3 is 0 Å². The molecule has 1 atom stereocenters. The van der Waals surface area contributed by atoms with Gasteiger partial charge in [0.1, 0.15) is 13.2 Å². The minimum absolute atomic E-state index is 0.147. The largest absolute Gasteiger partial charge is 0.486 e. The molecule has 2 aliphatic rings. The van der Waals surface area contributed by atoms with Gasteiger partial charge < -0.3 is 20.5 Å². The summed E-state index contributed by atoms with van der Waals surface area (Å²) in [7, 11) is 0. The molecule has 1 aliphatic heterocycles. The molecule has 0 bridgehead atoms. The Bertz CT molecular complexity index is 509. The van der Waals surface area contributed by atoms with Crippen LogP contribution in [-0.4, -0.2) is 24.7 Å². The molecular weight excluding hydrogens is 244 g/mol. The van der Waals surface area contributed by atoms with Gasteiger partial charge in [-0.2, -0.15) is 0 Å². The van der Waals surface area contributed by atoms with E-state index < -0.39 is 5.54 Å². The Morgan fingerprint density at radius 2 is 2.00 bits per heavy atom. The molecule has 1 aliphatic carbocycles. The Hall–Kier alpha value is -1.75. The molecule has 1 aromatic rings. The number of nitrogens with two attached hydrogens (primary N) is 1. The summed E-state index contributed by atoms with van der Waals surface area (Å²) in [6.45, 7) is 2.88. The minimum Gasteiger partial charge on any atom is -0.486 e. The lowest BCUT2D eigenvalue weighted by atomic mass is 9.96. The Morgan fingerprint density at radius 1 is 1.32 bits per heavy atom. The highest BCUT2D eigenvalue weighted by Gasteiger charge is 2.44. The molecule has 3 rings (SSSR count). The molecule has 1 amide bonds. The minimum atomic E-state index is -0.798. The normalized spacial score (nSPS) is 20.5. The van der Waals surface area contributed by atoms with E-state index in [9.17, 15) is 4.79 Å². The summed E-state index contributed by atoms with van der Waals surface area (Å²) in [5.74, 6) is 1.52. The lowest BCUT2D eigenvalue weighted by Crippen LogP contribution is -2.50. The molecular formula is C14H18N2O3. The Morgan fingerprint density at radius 3 is 2.68 bits per heavy atom. The van der Waals surface area contributed by atoms with Crippen LogP contribution in [0.4, 0.5) is 5.69 Å². The van der Waals surface area contributed by atoms with Gasteiger partial charge in [-0.25, -0.2) is 0 Å². The van der Waals surface area contributed by atoms with Gasteiger partial charge in [-0.3, -0.25) is 4.79 Å². The molecule has 102 valence electrons. The number of nitrogens with one attached hydrogen (secondary N) is 1. The van der Waals surface area contributed by atoms with Crippen molar-refractivity contribution in [1.29, 1.82) is 0 Å². The van der Waals surface area contributed by atoms with Crippen molar-refractivity contribution in [1.82, 2.24) is 0 Å². The SMILES string of the molecule is CC(N)(C(=O)Nc1ccc2c(c1)OCCO2)C1CC1. The van der Waals surface area contributed by atoms with Crippen LogP contribution in [0.2, 0.25) is 0 Å². The van der Waals surface area contributed by atoms with Crippen molar-refractivity contribution < 1.29 is 14.3 Å². The highest BCUT2D eigenvalue weighted by molar-refractivity contribution is 5.98. The van der Waals surface area contributed by atoms with Gasteiger partial charge in [0.25, 0.3) is 0 Å². The standard InChI is InChI=1S/C14H18N2O3/c1-14(15,9-2-3-9)13(17)16-10-4-5-11-12(8-10)19-7-6-18-11/h4-5,8-9H,2-3,6-7,15H2,1H3,(H,16,17). The number of hydrogen-bond acceptors (Lipinski definition) is 4.